The minimum atomic E-state index is 0.586. The van der Waals surface area contributed by atoms with Gasteiger partial charge >= 0.3 is 0 Å². The van der Waals surface area contributed by atoms with Crippen molar-refractivity contribution in [3.05, 3.63) is 0 Å². The molecule has 0 aromatic rings. The van der Waals surface area contributed by atoms with Gasteiger partial charge in [0.15, 0.2) is 0 Å². The number of nitrogens with one attached hydrogen (secondary N) is 1. The molecule has 2 nitrogen and oxygen atoms in total. The molecule has 0 saturated carbocycles. The van der Waals surface area contributed by atoms with Crippen molar-refractivity contribution in [2.45, 2.75) is 52.0 Å². The molecule has 2 aliphatic rings. The molecular formula is C13H26N2. The average molecular weight is 210 g/mol. The van der Waals surface area contributed by atoms with Gasteiger partial charge in [-0.1, -0.05) is 13.8 Å². The van der Waals surface area contributed by atoms with Gasteiger partial charge in [-0.05, 0) is 57.2 Å². The molecule has 1 unspecified atom stereocenters. The van der Waals surface area contributed by atoms with Gasteiger partial charge in [0.25, 0.3) is 0 Å². The molecule has 2 heterocycles. The van der Waals surface area contributed by atoms with Gasteiger partial charge in [-0.2, -0.15) is 0 Å². The maximum absolute atomic E-state index is 3.47. The van der Waals surface area contributed by atoms with Gasteiger partial charge in [0.1, 0.15) is 0 Å². The lowest BCUT2D eigenvalue weighted by molar-refractivity contribution is 0.117. The normalized spacial score (nSPS) is 32.0. The third-order valence-corrected chi connectivity index (χ3v) is 4.37. The minimum Gasteiger partial charge on any atom is -0.317 e. The monoisotopic (exact) mass is 210 g/mol. The first-order valence-electron chi connectivity index (χ1n) is 6.68. The molecule has 15 heavy (non-hydrogen) atoms. The van der Waals surface area contributed by atoms with E-state index in [1.165, 1.54) is 58.3 Å². The van der Waals surface area contributed by atoms with Gasteiger partial charge in [-0.25, -0.2) is 0 Å². The van der Waals surface area contributed by atoms with Crippen molar-refractivity contribution < 1.29 is 0 Å². The Morgan fingerprint density at radius 2 is 2.07 bits per heavy atom. The lowest BCUT2D eigenvalue weighted by Gasteiger charge is -2.39. The quantitative estimate of drug-likeness (QED) is 0.768. The van der Waals surface area contributed by atoms with Crippen LogP contribution in [0.1, 0.15) is 46.0 Å². The number of likely N-dealkylation sites (tertiary alicyclic amines) is 1. The summed E-state index contributed by atoms with van der Waals surface area (Å²) in [4.78, 5) is 2.76. The second-order valence-electron chi connectivity index (χ2n) is 5.74. The topological polar surface area (TPSA) is 15.3 Å². The number of piperidine rings is 1. The van der Waals surface area contributed by atoms with E-state index in [9.17, 15) is 0 Å². The highest BCUT2D eigenvalue weighted by Crippen LogP contribution is 2.32. The molecule has 0 radical (unpaired) electrons. The zero-order chi connectivity index (χ0) is 10.7. The molecule has 0 spiro atoms. The summed E-state index contributed by atoms with van der Waals surface area (Å²) in [5.41, 5.74) is 0.586. The summed E-state index contributed by atoms with van der Waals surface area (Å²) in [6, 6.07) is 0.886. The van der Waals surface area contributed by atoms with Crippen LogP contribution in [-0.4, -0.2) is 37.1 Å². The van der Waals surface area contributed by atoms with Crippen LogP contribution in [0, 0.1) is 5.41 Å². The van der Waals surface area contributed by atoms with Crippen molar-refractivity contribution in [2.24, 2.45) is 5.41 Å². The van der Waals surface area contributed by atoms with E-state index in [0.717, 1.165) is 6.04 Å². The molecule has 1 atom stereocenters. The Kier molecular flexibility index (Phi) is 3.68. The molecule has 0 bridgehead atoms. The van der Waals surface area contributed by atoms with Crippen LogP contribution in [0.5, 0.6) is 0 Å². The lowest BCUT2D eigenvalue weighted by Crippen LogP contribution is -2.44. The van der Waals surface area contributed by atoms with Crippen molar-refractivity contribution >= 4 is 0 Å². The molecule has 2 heteroatoms. The van der Waals surface area contributed by atoms with Crippen LogP contribution < -0.4 is 5.32 Å². The average Bonchev–Trinajstić information content (AvgIpc) is 2.65. The minimum absolute atomic E-state index is 0.586. The highest BCUT2D eigenvalue weighted by Gasteiger charge is 2.32. The van der Waals surface area contributed by atoms with E-state index < -0.39 is 0 Å². The Morgan fingerprint density at radius 1 is 1.33 bits per heavy atom. The highest BCUT2D eigenvalue weighted by atomic mass is 15.2. The smallest absolute Gasteiger partial charge is 0.00933 e. The fraction of sp³-hybridized carbons (Fsp3) is 1.00. The Balaban J connectivity index is 1.88. The van der Waals surface area contributed by atoms with Crippen LogP contribution in [0.2, 0.25) is 0 Å². The van der Waals surface area contributed by atoms with Gasteiger partial charge in [0.05, 0.1) is 0 Å². The Morgan fingerprint density at radius 3 is 2.73 bits per heavy atom. The largest absolute Gasteiger partial charge is 0.317 e. The summed E-state index contributed by atoms with van der Waals surface area (Å²) >= 11 is 0. The van der Waals surface area contributed by atoms with Gasteiger partial charge in [0, 0.05) is 12.6 Å². The van der Waals surface area contributed by atoms with Crippen LogP contribution in [0.25, 0.3) is 0 Å². The summed E-state index contributed by atoms with van der Waals surface area (Å²) < 4.78 is 0. The van der Waals surface area contributed by atoms with Crippen LogP contribution in [0.3, 0.4) is 0 Å². The van der Waals surface area contributed by atoms with E-state index in [4.69, 9.17) is 0 Å². The van der Waals surface area contributed by atoms with Gasteiger partial charge in [-0.15, -0.1) is 0 Å². The van der Waals surface area contributed by atoms with Gasteiger partial charge < -0.3 is 5.32 Å². The summed E-state index contributed by atoms with van der Waals surface area (Å²) in [6.45, 7) is 9.96. The maximum Gasteiger partial charge on any atom is 0.00933 e. The van der Waals surface area contributed by atoms with Crippen molar-refractivity contribution in [1.82, 2.24) is 10.2 Å². The van der Waals surface area contributed by atoms with Crippen molar-refractivity contribution in [3.8, 4) is 0 Å². The first kappa shape index (κ1) is 11.4. The standard InChI is InChI=1S/C13H26N2/c1-3-12-5-4-10-15(12)11-13(2)6-8-14-9-7-13/h12,14H,3-11H2,1-2H3. The Bertz CT molecular complexity index is 197. The van der Waals surface area contributed by atoms with E-state index in [0.29, 0.717) is 5.41 Å². The number of nitrogens with zero attached hydrogens (tertiary/aromatic N) is 1. The van der Waals surface area contributed by atoms with E-state index >= 15 is 0 Å². The van der Waals surface area contributed by atoms with E-state index in [-0.39, 0.29) is 0 Å². The molecule has 88 valence electrons. The van der Waals surface area contributed by atoms with E-state index in [1.54, 1.807) is 0 Å². The van der Waals surface area contributed by atoms with Crippen molar-refractivity contribution in [3.63, 3.8) is 0 Å². The first-order chi connectivity index (χ1) is 7.23. The molecule has 2 saturated heterocycles. The Hall–Kier alpha value is -0.0800. The predicted molar refractivity (Wildman–Crippen MR) is 65.1 cm³/mol. The molecule has 0 aromatic carbocycles. The third kappa shape index (κ3) is 2.73. The summed E-state index contributed by atoms with van der Waals surface area (Å²) in [6.07, 6.45) is 6.92. The second-order valence-corrected chi connectivity index (χ2v) is 5.74. The fourth-order valence-electron chi connectivity index (χ4n) is 3.24. The van der Waals surface area contributed by atoms with E-state index in [1.807, 2.05) is 0 Å². The van der Waals surface area contributed by atoms with Crippen LogP contribution in [0.4, 0.5) is 0 Å². The molecule has 0 aromatic heterocycles. The first-order valence-corrected chi connectivity index (χ1v) is 6.68. The lowest BCUT2D eigenvalue weighted by atomic mass is 9.80. The highest BCUT2D eigenvalue weighted by molar-refractivity contribution is 4.88. The molecule has 1 N–H and O–H groups in total. The molecule has 2 rings (SSSR count). The number of hydrogen-bond donors (Lipinski definition) is 1. The summed E-state index contributed by atoms with van der Waals surface area (Å²) in [7, 11) is 0. The Labute approximate surface area is 94.4 Å². The van der Waals surface area contributed by atoms with E-state index in [2.05, 4.69) is 24.1 Å². The maximum atomic E-state index is 3.47. The molecular weight excluding hydrogens is 184 g/mol. The molecule has 0 aliphatic carbocycles. The summed E-state index contributed by atoms with van der Waals surface area (Å²) in [5.74, 6) is 0. The molecule has 2 fully saturated rings. The zero-order valence-electron chi connectivity index (χ0n) is 10.4. The van der Waals surface area contributed by atoms with Crippen molar-refractivity contribution in [2.75, 3.05) is 26.2 Å². The zero-order valence-corrected chi connectivity index (χ0v) is 10.4. The predicted octanol–water partition coefficient (Wildman–Crippen LogP) is 2.25. The van der Waals surface area contributed by atoms with Crippen molar-refractivity contribution in [1.29, 1.82) is 0 Å². The fourth-order valence-corrected chi connectivity index (χ4v) is 3.24. The third-order valence-electron chi connectivity index (χ3n) is 4.37. The number of rotatable bonds is 3. The molecule has 0 amide bonds. The SMILES string of the molecule is CCC1CCCN1CC1(C)CCNCC1. The van der Waals surface area contributed by atoms with Crippen LogP contribution in [-0.2, 0) is 0 Å². The van der Waals surface area contributed by atoms with Crippen LogP contribution >= 0.6 is 0 Å². The van der Waals surface area contributed by atoms with Gasteiger partial charge in [0.2, 0.25) is 0 Å². The summed E-state index contributed by atoms with van der Waals surface area (Å²) in [5, 5.41) is 3.47. The number of hydrogen-bond acceptors (Lipinski definition) is 2. The van der Waals surface area contributed by atoms with Gasteiger partial charge in [-0.3, -0.25) is 4.90 Å². The second kappa shape index (κ2) is 4.84. The van der Waals surface area contributed by atoms with Crippen LogP contribution in [0.15, 0.2) is 0 Å². The molecule has 2 aliphatic heterocycles.